The second kappa shape index (κ2) is 2.13. The third kappa shape index (κ3) is 0.980. The molecule has 0 radical (unpaired) electrons. The Morgan fingerprint density at radius 1 is 1.88 bits per heavy atom. The van der Waals surface area contributed by atoms with Crippen LogP contribution in [0.3, 0.4) is 0 Å². The van der Waals surface area contributed by atoms with Crippen LogP contribution in [0.15, 0.2) is 0 Å². The first kappa shape index (κ1) is 5.56. The summed E-state index contributed by atoms with van der Waals surface area (Å²) in [7, 11) is 1.58. The SMILES string of the molecule is CO[C@@H]1COC(=O)C1. The Labute approximate surface area is 47.6 Å². The van der Waals surface area contributed by atoms with Gasteiger partial charge in [0.15, 0.2) is 0 Å². The fourth-order valence-electron chi connectivity index (χ4n) is 0.641. The summed E-state index contributed by atoms with van der Waals surface area (Å²) in [6.45, 7) is 0.426. The molecule has 1 aliphatic heterocycles. The second-order valence-electron chi connectivity index (χ2n) is 1.74. The third-order valence-corrected chi connectivity index (χ3v) is 1.16. The standard InChI is InChI=1S/C5H8O3/c1-7-4-2-5(6)8-3-4/h4H,2-3H2,1H3/t4-/m0/s1. The summed E-state index contributed by atoms with van der Waals surface area (Å²) in [5.41, 5.74) is 0. The van der Waals surface area contributed by atoms with E-state index in [1.54, 1.807) is 7.11 Å². The van der Waals surface area contributed by atoms with Crippen LogP contribution in [0.5, 0.6) is 0 Å². The lowest BCUT2D eigenvalue weighted by Gasteiger charge is -1.98. The van der Waals surface area contributed by atoms with Crippen molar-refractivity contribution in [2.75, 3.05) is 13.7 Å². The third-order valence-electron chi connectivity index (χ3n) is 1.16. The van der Waals surface area contributed by atoms with Crippen LogP contribution in [-0.2, 0) is 14.3 Å². The average molecular weight is 116 g/mol. The topological polar surface area (TPSA) is 35.5 Å². The summed E-state index contributed by atoms with van der Waals surface area (Å²) in [5.74, 6) is -0.156. The molecule has 0 aromatic carbocycles. The molecular formula is C5H8O3. The Hall–Kier alpha value is -0.570. The number of ether oxygens (including phenoxy) is 2. The molecule has 0 bridgehead atoms. The van der Waals surface area contributed by atoms with Crippen molar-refractivity contribution in [3.05, 3.63) is 0 Å². The molecule has 1 atom stereocenters. The zero-order valence-corrected chi connectivity index (χ0v) is 4.72. The van der Waals surface area contributed by atoms with Gasteiger partial charge in [-0.2, -0.15) is 0 Å². The molecule has 1 heterocycles. The summed E-state index contributed by atoms with van der Waals surface area (Å²) >= 11 is 0. The van der Waals surface area contributed by atoms with Gasteiger partial charge in [0.25, 0.3) is 0 Å². The van der Waals surface area contributed by atoms with Crippen LogP contribution in [0, 0.1) is 0 Å². The molecule has 0 N–H and O–H groups in total. The fourth-order valence-corrected chi connectivity index (χ4v) is 0.641. The molecule has 0 unspecified atom stereocenters. The van der Waals surface area contributed by atoms with Gasteiger partial charge >= 0.3 is 5.97 Å². The minimum Gasteiger partial charge on any atom is -0.463 e. The molecule has 0 spiro atoms. The molecule has 1 fully saturated rings. The molecular weight excluding hydrogens is 108 g/mol. The minimum atomic E-state index is -0.156. The van der Waals surface area contributed by atoms with Crippen molar-refractivity contribution in [2.45, 2.75) is 12.5 Å². The van der Waals surface area contributed by atoms with Crippen LogP contribution in [-0.4, -0.2) is 25.8 Å². The van der Waals surface area contributed by atoms with E-state index < -0.39 is 0 Å². The molecule has 0 aromatic heterocycles. The van der Waals surface area contributed by atoms with Crippen LogP contribution < -0.4 is 0 Å². The van der Waals surface area contributed by atoms with E-state index in [2.05, 4.69) is 4.74 Å². The monoisotopic (exact) mass is 116 g/mol. The lowest BCUT2D eigenvalue weighted by atomic mass is 10.3. The predicted molar refractivity (Wildman–Crippen MR) is 26.4 cm³/mol. The zero-order chi connectivity index (χ0) is 5.98. The van der Waals surface area contributed by atoms with Crippen LogP contribution in [0.1, 0.15) is 6.42 Å². The van der Waals surface area contributed by atoms with Crippen molar-refractivity contribution in [3.8, 4) is 0 Å². The molecule has 0 saturated carbocycles. The van der Waals surface area contributed by atoms with Gasteiger partial charge in [0.1, 0.15) is 12.7 Å². The number of hydrogen-bond donors (Lipinski definition) is 0. The Kier molecular flexibility index (Phi) is 1.48. The average Bonchev–Trinajstić information content (AvgIpc) is 2.14. The normalized spacial score (nSPS) is 28.1. The first-order valence-electron chi connectivity index (χ1n) is 2.51. The van der Waals surface area contributed by atoms with Crippen molar-refractivity contribution < 1.29 is 14.3 Å². The number of hydrogen-bond acceptors (Lipinski definition) is 3. The van der Waals surface area contributed by atoms with E-state index in [0.717, 1.165) is 0 Å². The van der Waals surface area contributed by atoms with E-state index in [-0.39, 0.29) is 12.1 Å². The molecule has 8 heavy (non-hydrogen) atoms. The maximum absolute atomic E-state index is 10.3. The van der Waals surface area contributed by atoms with Crippen molar-refractivity contribution in [1.82, 2.24) is 0 Å². The summed E-state index contributed by atoms with van der Waals surface area (Å²) < 4.78 is 9.43. The largest absolute Gasteiger partial charge is 0.463 e. The minimum absolute atomic E-state index is 0.00231. The first-order chi connectivity index (χ1) is 3.83. The highest BCUT2D eigenvalue weighted by molar-refractivity contribution is 5.71. The summed E-state index contributed by atoms with van der Waals surface area (Å²) in [6, 6.07) is 0. The smallest absolute Gasteiger partial charge is 0.308 e. The van der Waals surface area contributed by atoms with E-state index in [4.69, 9.17) is 4.74 Å². The van der Waals surface area contributed by atoms with Gasteiger partial charge in [0.05, 0.1) is 6.42 Å². The summed E-state index contributed by atoms with van der Waals surface area (Å²) in [4.78, 5) is 10.3. The van der Waals surface area contributed by atoms with Crippen LogP contribution in [0.2, 0.25) is 0 Å². The fraction of sp³-hybridized carbons (Fsp3) is 0.800. The Bertz CT molecular complexity index is 99.8. The highest BCUT2D eigenvalue weighted by Crippen LogP contribution is 2.07. The second-order valence-corrected chi connectivity index (χ2v) is 1.74. The van der Waals surface area contributed by atoms with Crippen molar-refractivity contribution in [2.24, 2.45) is 0 Å². The Balaban J connectivity index is 2.32. The van der Waals surface area contributed by atoms with Gasteiger partial charge in [-0.3, -0.25) is 4.79 Å². The lowest BCUT2D eigenvalue weighted by Crippen LogP contribution is -2.08. The van der Waals surface area contributed by atoms with Crippen molar-refractivity contribution in [1.29, 1.82) is 0 Å². The van der Waals surface area contributed by atoms with Gasteiger partial charge in [-0.15, -0.1) is 0 Å². The van der Waals surface area contributed by atoms with Crippen molar-refractivity contribution in [3.63, 3.8) is 0 Å². The van der Waals surface area contributed by atoms with E-state index in [1.165, 1.54) is 0 Å². The molecule has 46 valence electrons. The van der Waals surface area contributed by atoms with Crippen LogP contribution >= 0.6 is 0 Å². The number of methoxy groups -OCH3 is 1. The summed E-state index contributed by atoms with van der Waals surface area (Å²) in [5, 5.41) is 0. The van der Waals surface area contributed by atoms with Gasteiger partial charge in [-0.25, -0.2) is 0 Å². The van der Waals surface area contributed by atoms with Crippen molar-refractivity contribution >= 4 is 5.97 Å². The number of carbonyl (C=O) groups is 1. The van der Waals surface area contributed by atoms with E-state index in [1.807, 2.05) is 0 Å². The van der Waals surface area contributed by atoms with E-state index >= 15 is 0 Å². The molecule has 3 heteroatoms. The molecule has 3 nitrogen and oxygen atoms in total. The number of rotatable bonds is 1. The summed E-state index contributed by atoms with van der Waals surface area (Å²) in [6.07, 6.45) is 0.416. The molecule has 0 amide bonds. The van der Waals surface area contributed by atoms with Gasteiger partial charge in [0.2, 0.25) is 0 Å². The zero-order valence-electron chi connectivity index (χ0n) is 4.72. The maximum atomic E-state index is 10.3. The number of carbonyl (C=O) groups excluding carboxylic acids is 1. The molecule has 1 aliphatic rings. The highest BCUT2D eigenvalue weighted by atomic mass is 16.6. The molecule has 1 saturated heterocycles. The van der Waals surface area contributed by atoms with Gasteiger partial charge in [-0.1, -0.05) is 0 Å². The Morgan fingerprint density at radius 2 is 2.62 bits per heavy atom. The van der Waals surface area contributed by atoms with E-state index in [9.17, 15) is 4.79 Å². The quantitative estimate of drug-likeness (QED) is 0.450. The molecule has 0 aliphatic carbocycles. The lowest BCUT2D eigenvalue weighted by molar-refractivity contribution is -0.137. The Morgan fingerprint density at radius 3 is 2.88 bits per heavy atom. The van der Waals surface area contributed by atoms with Gasteiger partial charge in [0, 0.05) is 7.11 Å². The van der Waals surface area contributed by atoms with E-state index in [0.29, 0.717) is 13.0 Å². The van der Waals surface area contributed by atoms with Crippen LogP contribution in [0.25, 0.3) is 0 Å². The predicted octanol–water partition coefficient (Wildman–Crippen LogP) is -0.0517. The number of esters is 1. The molecule has 0 aromatic rings. The van der Waals surface area contributed by atoms with Gasteiger partial charge in [-0.05, 0) is 0 Å². The number of cyclic esters (lactones) is 1. The highest BCUT2D eigenvalue weighted by Gasteiger charge is 2.22. The maximum Gasteiger partial charge on any atom is 0.308 e. The van der Waals surface area contributed by atoms with Gasteiger partial charge < -0.3 is 9.47 Å². The molecule has 1 rings (SSSR count). The first-order valence-corrected chi connectivity index (χ1v) is 2.51. The van der Waals surface area contributed by atoms with Crippen LogP contribution in [0.4, 0.5) is 0 Å².